The summed E-state index contributed by atoms with van der Waals surface area (Å²) in [5.41, 5.74) is 0.738. The molecule has 1 heterocycles. The molecule has 1 saturated heterocycles. The molecule has 2 amide bonds. The van der Waals surface area contributed by atoms with E-state index in [0.717, 1.165) is 17.0 Å². The van der Waals surface area contributed by atoms with Gasteiger partial charge in [0.05, 0.1) is 32.3 Å². The van der Waals surface area contributed by atoms with Crippen molar-refractivity contribution in [2.45, 2.75) is 6.42 Å². The molecule has 6 heteroatoms. The van der Waals surface area contributed by atoms with Gasteiger partial charge in [-0.05, 0) is 53.9 Å². The van der Waals surface area contributed by atoms with Crippen molar-refractivity contribution in [3.8, 4) is 11.5 Å². The minimum Gasteiger partial charge on any atom is -0.493 e. The summed E-state index contributed by atoms with van der Waals surface area (Å²) in [4.78, 5) is 25.7. The van der Waals surface area contributed by atoms with Crippen LogP contribution in [0.5, 0.6) is 11.5 Å². The maximum absolute atomic E-state index is 12.9. The first-order chi connectivity index (χ1) is 12.6. The highest BCUT2D eigenvalue weighted by Crippen LogP contribution is 2.65. The zero-order valence-corrected chi connectivity index (χ0v) is 14.7. The van der Waals surface area contributed by atoms with Crippen LogP contribution in [0.4, 0.5) is 0 Å². The minimum atomic E-state index is -0.219. The van der Waals surface area contributed by atoms with Crippen molar-refractivity contribution >= 4 is 18.0 Å². The number of carbonyl (C=O) groups is 2. The summed E-state index contributed by atoms with van der Waals surface area (Å²) >= 11 is 0. The van der Waals surface area contributed by atoms with Gasteiger partial charge in [-0.3, -0.25) is 9.59 Å². The summed E-state index contributed by atoms with van der Waals surface area (Å²) < 4.78 is 10.5. The van der Waals surface area contributed by atoms with Crippen LogP contribution >= 0.6 is 0 Å². The molecule has 0 radical (unpaired) electrons. The molecule has 0 spiro atoms. The number of methoxy groups -OCH3 is 2. The Labute approximate surface area is 151 Å². The van der Waals surface area contributed by atoms with Crippen molar-refractivity contribution in [3.63, 3.8) is 0 Å². The highest BCUT2D eigenvalue weighted by atomic mass is 16.5. The lowest BCUT2D eigenvalue weighted by atomic mass is 9.63. The molecular weight excluding hydrogens is 332 g/mol. The van der Waals surface area contributed by atoms with Crippen LogP contribution in [0.2, 0.25) is 0 Å². The summed E-state index contributed by atoms with van der Waals surface area (Å²) in [6.45, 7) is 0. The van der Waals surface area contributed by atoms with E-state index in [1.54, 1.807) is 26.4 Å². The Morgan fingerprint density at radius 1 is 1.00 bits per heavy atom. The molecular formula is C20H20N2O4. The first-order valence-corrected chi connectivity index (χ1v) is 8.96. The van der Waals surface area contributed by atoms with E-state index in [9.17, 15) is 9.59 Å². The van der Waals surface area contributed by atoms with Gasteiger partial charge in [-0.2, -0.15) is 10.1 Å². The topological polar surface area (TPSA) is 68.2 Å². The van der Waals surface area contributed by atoms with Crippen LogP contribution in [0.15, 0.2) is 35.5 Å². The zero-order chi connectivity index (χ0) is 18.0. The van der Waals surface area contributed by atoms with Crippen LogP contribution in [0.3, 0.4) is 0 Å². The van der Waals surface area contributed by atoms with E-state index in [-0.39, 0.29) is 35.5 Å². The predicted octanol–water partition coefficient (Wildman–Crippen LogP) is 2.09. The lowest BCUT2D eigenvalue weighted by molar-refractivity contribution is -0.140. The number of ether oxygens (including phenoxy) is 2. The van der Waals surface area contributed by atoms with Crippen LogP contribution in [0.25, 0.3) is 0 Å². The average molecular weight is 352 g/mol. The second kappa shape index (κ2) is 5.43. The van der Waals surface area contributed by atoms with Gasteiger partial charge in [0.25, 0.3) is 11.8 Å². The maximum atomic E-state index is 12.9. The number of imide groups is 1. The van der Waals surface area contributed by atoms with Crippen molar-refractivity contribution in [2.75, 3.05) is 14.2 Å². The van der Waals surface area contributed by atoms with E-state index in [2.05, 4.69) is 17.3 Å². The van der Waals surface area contributed by atoms with Gasteiger partial charge in [0, 0.05) is 0 Å². The lowest BCUT2D eigenvalue weighted by Gasteiger charge is -2.37. The molecule has 0 aromatic heterocycles. The molecule has 2 bridgehead atoms. The van der Waals surface area contributed by atoms with E-state index in [0.29, 0.717) is 23.3 Å². The van der Waals surface area contributed by atoms with Crippen LogP contribution in [0, 0.1) is 35.5 Å². The number of hydrogen-bond acceptors (Lipinski definition) is 5. The second-order valence-corrected chi connectivity index (χ2v) is 7.50. The Hall–Kier alpha value is -2.63. The number of hydrazone groups is 1. The molecule has 6 rings (SSSR count). The van der Waals surface area contributed by atoms with Gasteiger partial charge in [0.15, 0.2) is 11.5 Å². The Balaban J connectivity index is 1.41. The Morgan fingerprint density at radius 2 is 1.62 bits per heavy atom. The third kappa shape index (κ3) is 2.01. The van der Waals surface area contributed by atoms with E-state index >= 15 is 0 Å². The van der Waals surface area contributed by atoms with E-state index in [1.807, 2.05) is 6.07 Å². The van der Waals surface area contributed by atoms with Gasteiger partial charge in [0.1, 0.15) is 0 Å². The monoisotopic (exact) mass is 352 g/mol. The molecule has 1 aliphatic heterocycles. The van der Waals surface area contributed by atoms with E-state index < -0.39 is 0 Å². The van der Waals surface area contributed by atoms with Crippen molar-refractivity contribution in [1.29, 1.82) is 0 Å². The Morgan fingerprint density at radius 3 is 2.19 bits per heavy atom. The molecule has 4 aliphatic carbocycles. The van der Waals surface area contributed by atoms with Crippen molar-refractivity contribution in [3.05, 3.63) is 35.9 Å². The second-order valence-electron chi connectivity index (χ2n) is 7.50. The summed E-state index contributed by atoms with van der Waals surface area (Å²) in [5, 5.41) is 5.32. The number of nitrogens with zero attached hydrogens (tertiary/aromatic N) is 2. The zero-order valence-electron chi connectivity index (χ0n) is 14.7. The quantitative estimate of drug-likeness (QED) is 0.473. The standard InChI is InChI=1S/C20H20N2O4/c1-25-15-6-3-10(7-16(15)26-2)9-21-22-19(23)17-11-4-5-12(14-8-13(11)14)18(17)20(22)24/h3-7,9,11-14,17-18H,8H2,1-2H3/b21-9-/t11-,12-,13-,14+,17+,18+/m1/s1. The van der Waals surface area contributed by atoms with Gasteiger partial charge in [-0.25, -0.2) is 0 Å². The molecule has 0 N–H and O–H groups in total. The third-order valence-corrected chi connectivity index (χ3v) is 6.37. The summed E-state index contributed by atoms with van der Waals surface area (Å²) in [5.74, 6) is 2.07. The third-order valence-electron chi connectivity index (χ3n) is 6.37. The molecule has 0 unspecified atom stereocenters. The molecule has 26 heavy (non-hydrogen) atoms. The van der Waals surface area contributed by atoms with Crippen molar-refractivity contribution in [1.82, 2.24) is 5.01 Å². The fourth-order valence-electron chi connectivity index (χ4n) is 5.11. The van der Waals surface area contributed by atoms with Gasteiger partial charge in [0.2, 0.25) is 0 Å². The molecule has 134 valence electrons. The van der Waals surface area contributed by atoms with Crippen molar-refractivity contribution in [2.24, 2.45) is 40.6 Å². The summed E-state index contributed by atoms with van der Waals surface area (Å²) in [7, 11) is 3.13. The normalized spacial score (nSPS) is 36.5. The summed E-state index contributed by atoms with van der Waals surface area (Å²) in [6, 6.07) is 5.34. The SMILES string of the molecule is COc1ccc(/C=N\N2C(=O)[C@H]3[C@@H]4C=C[C@H]([C@@H]5C[C@H]45)[C@@H]3C2=O)cc1OC. The van der Waals surface area contributed by atoms with Gasteiger partial charge < -0.3 is 9.47 Å². The van der Waals surface area contributed by atoms with E-state index in [1.165, 1.54) is 6.21 Å². The molecule has 3 fully saturated rings. The smallest absolute Gasteiger partial charge is 0.254 e. The highest BCUT2D eigenvalue weighted by Gasteiger charge is 2.67. The lowest BCUT2D eigenvalue weighted by Crippen LogP contribution is -2.40. The van der Waals surface area contributed by atoms with Crippen LogP contribution < -0.4 is 9.47 Å². The van der Waals surface area contributed by atoms with Gasteiger partial charge >= 0.3 is 0 Å². The fraction of sp³-hybridized carbons (Fsp3) is 0.450. The number of allylic oxidation sites excluding steroid dienone is 2. The van der Waals surface area contributed by atoms with Gasteiger partial charge in [-0.15, -0.1) is 0 Å². The van der Waals surface area contributed by atoms with Crippen molar-refractivity contribution < 1.29 is 19.1 Å². The molecule has 6 nitrogen and oxygen atoms in total. The molecule has 1 aromatic rings. The Bertz CT molecular complexity index is 825. The molecule has 1 aromatic carbocycles. The number of carbonyl (C=O) groups excluding carboxylic acids is 2. The van der Waals surface area contributed by atoms with Gasteiger partial charge in [-0.1, -0.05) is 12.2 Å². The van der Waals surface area contributed by atoms with Crippen LogP contribution in [-0.2, 0) is 9.59 Å². The molecule has 6 atom stereocenters. The highest BCUT2D eigenvalue weighted by molar-refractivity contribution is 6.06. The number of hydrogen-bond donors (Lipinski definition) is 0. The largest absolute Gasteiger partial charge is 0.493 e. The molecule has 2 saturated carbocycles. The predicted molar refractivity (Wildman–Crippen MR) is 93.7 cm³/mol. The fourth-order valence-corrected chi connectivity index (χ4v) is 5.11. The first kappa shape index (κ1) is 15.6. The van der Waals surface area contributed by atoms with Crippen LogP contribution in [0.1, 0.15) is 12.0 Å². The van der Waals surface area contributed by atoms with E-state index in [4.69, 9.17) is 9.47 Å². The minimum absolute atomic E-state index is 0.151. The maximum Gasteiger partial charge on any atom is 0.254 e. The van der Waals surface area contributed by atoms with Crippen LogP contribution in [-0.4, -0.2) is 37.3 Å². The molecule has 5 aliphatic rings. The first-order valence-electron chi connectivity index (χ1n) is 8.96. The number of rotatable bonds is 4. The number of amides is 2. The number of benzene rings is 1. The Kier molecular flexibility index (Phi) is 3.26. The summed E-state index contributed by atoms with van der Waals surface area (Å²) in [6.07, 6.45) is 7.01. The average Bonchev–Trinajstić information content (AvgIpc) is 3.45.